The molecule has 0 heterocycles. The van der Waals surface area contributed by atoms with Gasteiger partial charge in [-0.3, -0.25) is 0 Å². The van der Waals surface area contributed by atoms with Crippen molar-refractivity contribution in [1.29, 1.82) is 0 Å². The van der Waals surface area contributed by atoms with E-state index in [0.717, 1.165) is 5.56 Å². The maximum atomic E-state index is 12.6. The zero-order chi connectivity index (χ0) is 16.0. The standard InChI is InChI=1S/C16H18ClNO2S/c1-5-11-18(12-16(17)14(4)6-2)21(19,20)15-9-7-13(3)8-10-15/h2,5,7-10H,1,11-12H2,3-4H3/b16-14-. The fourth-order valence-corrected chi connectivity index (χ4v) is 3.25. The molecule has 0 amide bonds. The van der Waals surface area contributed by atoms with Gasteiger partial charge in [0.1, 0.15) is 0 Å². The summed E-state index contributed by atoms with van der Waals surface area (Å²) in [5, 5.41) is 0.329. The highest BCUT2D eigenvalue weighted by Crippen LogP contribution is 2.20. The van der Waals surface area contributed by atoms with Crippen LogP contribution in [0.25, 0.3) is 0 Å². The average Bonchev–Trinajstić information content (AvgIpc) is 2.46. The molecule has 0 aromatic heterocycles. The summed E-state index contributed by atoms with van der Waals surface area (Å²) in [5.74, 6) is 2.41. The van der Waals surface area contributed by atoms with Gasteiger partial charge in [-0.05, 0) is 26.0 Å². The molecular weight excluding hydrogens is 306 g/mol. The largest absolute Gasteiger partial charge is 0.243 e. The van der Waals surface area contributed by atoms with E-state index in [4.69, 9.17) is 18.0 Å². The van der Waals surface area contributed by atoms with E-state index < -0.39 is 10.0 Å². The molecule has 0 radical (unpaired) electrons. The van der Waals surface area contributed by atoms with Crippen molar-refractivity contribution in [1.82, 2.24) is 4.31 Å². The van der Waals surface area contributed by atoms with E-state index >= 15 is 0 Å². The molecule has 112 valence electrons. The number of allylic oxidation sites excluding steroid dienone is 1. The lowest BCUT2D eigenvalue weighted by Crippen LogP contribution is -2.32. The van der Waals surface area contributed by atoms with Gasteiger partial charge in [0.15, 0.2) is 0 Å². The quantitative estimate of drug-likeness (QED) is 0.595. The van der Waals surface area contributed by atoms with Crippen molar-refractivity contribution in [2.45, 2.75) is 18.7 Å². The van der Waals surface area contributed by atoms with Crippen LogP contribution in [-0.4, -0.2) is 25.8 Å². The van der Waals surface area contributed by atoms with Crippen LogP contribution < -0.4 is 0 Å². The summed E-state index contributed by atoms with van der Waals surface area (Å²) in [6.07, 6.45) is 6.79. The Balaban J connectivity index is 3.18. The zero-order valence-electron chi connectivity index (χ0n) is 12.1. The first-order chi connectivity index (χ1) is 9.82. The lowest BCUT2D eigenvalue weighted by molar-refractivity contribution is 0.471. The van der Waals surface area contributed by atoms with E-state index in [1.165, 1.54) is 10.4 Å². The third-order valence-electron chi connectivity index (χ3n) is 2.93. The number of terminal acetylenes is 1. The lowest BCUT2D eigenvalue weighted by atomic mass is 10.2. The SMILES string of the molecule is C#C/C(C)=C(\Cl)CN(CC=C)S(=O)(=O)c1ccc(C)cc1. The number of aryl methyl sites for hydroxylation is 1. The Hall–Kier alpha value is -1.54. The van der Waals surface area contributed by atoms with Crippen LogP contribution >= 0.6 is 11.6 Å². The van der Waals surface area contributed by atoms with Crippen LogP contribution in [0, 0.1) is 19.3 Å². The van der Waals surface area contributed by atoms with Gasteiger partial charge in [0.05, 0.1) is 11.4 Å². The Bertz CT molecular complexity index is 682. The first-order valence-corrected chi connectivity index (χ1v) is 8.14. The normalized spacial score (nSPS) is 12.7. The molecule has 0 N–H and O–H groups in total. The van der Waals surface area contributed by atoms with Gasteiger partial charge in [-0.15, -0.1) is 13.0 Å². The lowest BCUT2D eigenvalue weighted by Gasteiger charge is -2.21. The highest BCUT2D eigenvalue weighted by molar-refractivity contribution is 7.89. The molecule has 0 aliphatic carbocycles. The van der Waals surface area contributed by atoms with Crippen molar-refractivity contribution in [3.8, 4) is 12.3 Å². The van der Waals surface area contributed by atoms with E-state index in [1.807, 2.05) is 6.92 Å². The molecule has 1 rings (SSSR count). The van der Waals surface area contributed by atoms with Gasteiger partial charge in [0.2, 0.25) is 10.0 Å². The second-order valence-electron chi connectivity index (χ2n) is 4.57. The Morgan fingerprint density at radius 3 is 2.48 bits per heavy atom. The minimum Gasteiger partial charge on any atom is -0.207 e. The molecule has 1 aromatic carbocycles. The van der Waals surface area contributed by atoms with Crippen LogP contribution in [0.15, 0.2) is 52.4 Å². The van der Waals surface area contributed by atoms with E-state index in [-0.39, 0.29) is 18.0 Å². The molecule has 21 heavy (non-hydrogen) atoms. The average molecular weight is 324 g/mol. The number of benzene rings is 1. The van der Waals surface area contributed by atoms with Crippen LogP contribution in [-0.2, 0) is 10.0 Å². The number of hydrogen-bond acceptors (Lipinski definition) is 2. The Labute approximate surface area is 132 Å². The van der Waals surface area contributed by atoms with Crippen LogP contribution in [0.5, 0.6) is 0 Å². The molecule has 3 nitrogen and oxygen atoms in total. The Morgan fingerprint density at radius 2 is 2.00 bits per heavy atom. The van der Waals surface area contributed by atoms with Crippen molar-refractivity contribution in [2.75, 3.05) is 13.1 Å². The summed E-state index contributed by atoms with van der Waals surface area (Å²) in [4.78, 5) is 0.220. The van der Waals surface area contributed by atoms with Gasteiger partial charge in [-0.2, -0.15) is 4.31 Å². The molecule has 0 bridgehead atoms. The van der Waals surface area contributed by atoms with Gasteiger partial charge >= 0.3 is 0 Å². The predicted molar refractivity (Wildman–Crippen MR) is 87.5 cm³/mol. The van der Waals surface area contributed by atoms with E-state index in [1.54, 1.807) is 31.2 Å². The molecule has 5 heteroatoms. The minimum atomic E-state index is -3.64. The number of halogens is 1. The summed E-state index contributed by atoms with van der Waals surface area (Å²) in [6.45, 7) is 7.34. The molecule has 1 aromatic rings. The summed E-state index contributed by atoms with van der Waals surface area (Å²) in [5.41, 5.74) is 1.51. The molecule has 0 saturated heterocycles. The molecule has 0 atom stereocenters. The number of hydrogen-bond donors (Lipinski definition) is 0. The van der Waals surface area contributed by atoms with Gasteiger partial charge in [-0.1, -0.05) is 41.3 Å². The Morgan fingerprint density at radius 1 is 1.43 bits per heavy atom. The maximum Gasteiger partial charge on any atom is 0.243 e. The van der Waals surface area contributed by atoms with Gasteiger partial charge in [0, 0.05) is 17.2 Å². The van der Waals surface area contributed by atoms with Crippen molar-refractivity contribution in [3.05, 3.63) is 53.1 Å². The van der Waals surface area contributed by atoms with Gasteiger partial charge < -0.3 is 0 Å². The first kappa shape index (κ1) is 17.5. The number of nitrogens with zero attached hydrogens (tertiary/aromatic N) is 1. The second-order valence-corrected chi connectivity index (χ2v) is 6.97. The van der Waals surface area contributed by atoms with Crippen LogP contribution in [0.2, 0.25) is 0 Å². The number of rotatable bonds is 6. The van der Waals surface area contributed by atoms with E-state index in [0.29, 0.717) is 10.6 Å². The Kier molecular flexibility index (Phi) is 6.22. The molecule has 0 spiro atoms. The summed E-state index contributed by atoms with van der Waals surface area (Å²) in [7, 11) is -3.64. The topological polar surface area (TPSA) is 37.4 Å². The highest BCUT2D eigenvalue weighted by Gasteiger charge is 2.24. The smallest absolute Gasteiger partial charge is 0.207 e. The first-order valence-electron chi connectivity index (χ1n) is 6.32. The molecule has 0 aliphatic rings. The molecule has 0 aliphatic heterocycles. The third-order valence-corrected chi connectivity index (χ3v) is 5.16. The van der Waals surface area contributed by atoms with Crippen molar-refractivity contribution in [3.63, 3.8) is 0 Å². The van der Waals surface area contributed by atoms with Crippen molar-refractivity contribution >= 4 is 21.6 Å². The molecule has 0 fully saturated rings. The van der Waals surface area contributed by atoms with E-state index in [2.05, 4.69) is 12.5 Å². The summed E-state index contributed by atoms with van der Waals surface area (Å²) >= 11 is 6.08. The van der Waals surface area contributed by atoms with Gasteiger partial charge in [0.25, 0.3) is 0 Å². The molecule has 0 unspecified atom stereocenters. The van der Waals surface area contributed by atoms with E-state index in [9.17, 15) is 8.42 Å². The summed E-state index contributed by atoms with van der Waals surface area (Å²) in [6, 6.07) is 6.66. The molecule has 0 saturated carbocycles. The maximum absolute atomic E-state index is 12.6. The minimum absolute atomic E-state index is 0.0276. The van der Waals surface area contributed by atoms with Crippen LogP contribution in [0.3, 0.4) is 0 Å². The molecular formula is C16H18ClNO2S. The van der Waals surface area contributed by atoms with Gasteiger partial charge in [-0.25, -0.2) is 8.42 Å². The highest BCUT2D eigenvalue weighted by atomic mass is 35.5. The second kappa shape index (κ2) is 7.46. The van der Waals surface area contributed by atoms with Crippen molar-refractivity contribution < 1.29 is 8.42 Å². The fourth-order valence-electron chi connectivity index (χ4n) is 1.60. The monoisotopic (exact) mass is 323 g/mol. The zero-order valence-corrected chi connectivity index (χ0v) is 13.7. The van der Waals surface area contributed by atoms with Crippen LogP contribution in [0.1, 0.15) is 12.5 Å². The third kappa shape index (κ3) is 4.47. The summed E-state index contributed by atoms with van der Waals surface area (Å²) < 4.78 is 26.5. The predicted octanol–water partition coefficient (Wildman–Crippen LogP) is 3.32. The van der Waals surface area contributed by atoms with Crippen molar-refractivity contribution in [2.24, 2.45) is 0 Å². The fraction of sp³-hybridized carbons (Fsp3) is 0.250. The van der Waals surface area contributed by atoms with Crippen LogP contribution in [0.4, 0.5) is 0 Å². The number of sulfonamides is 1.